The topological polar surface area (TPSA) is 128 Å². The van der Waals surface area contributed by atoms with Crippen molar-refractivity contribution < 1.29 is 19.2 Å². The molecule has 0 unspecified atom stereocenters. The Balaban J connectivity index is 1.55. The molecule has 1 aromatic rings. The van der Waals surface area contributed by atoms with Crippen LogP contribution in [0.4, 0.5) is 10.5 Å². The lowest BCUT2D eigenvalue weighted by Crippen LogP contribution is -2.42. The highest BCUT2D eigenvalue weighted by atomic mass is 16.6. The van der Waals surface area contributed by atoms with E-state index in [0.717, 1.165) is 32.4 Å². The van der Waals surface area contributed by atoms with Crippen molar-refractivity contribution >= 4 is 17.7 Å². The number of nitrogens with zero attached hydrogens (tertiary/aromatic N) is 2. The molecule has 2 amide bonds. The molecular formula is C18H26N4O5. The molecule has 2 rings (SSSR count). The molecule has 0 saturated carbocycles. The van der Waals surface area contributed by atoms with Crippen LogP contribution in [0.25, 0.3) is 0 Å². The summed E-state index contributed by atoms with van der Waals surface area (Å²) in [6.07, 6.45) is 3.58. The van der Waals surface area contributed by atoms with E-state index in [9.17, 15) is 19.7 Å². The largest absolute Gasteiger partial charge is 0.445 e. The molecule has 9 nitrogen and oxygen atoms in total. The Morgan fingerprint density at radius 3 is 2.52 bits per heavy atom. The summed E-state index contributed by atoms with van der Waals surface area (Å²) >= 11 is 0. The third-order valence-electron chi connectivity index (χ3n) is 4.46. The van der Waals surface area contributed by atoms with Gasteiger partial charge in [0.25, 0.3) is 5.69 Å². The molecule has 9 heteroatoms. The number of rotatable bonds is 9. The molecule has 1 saturated heterocycles. The van der Waals surface area contributed by atoms with E-state index in [-0.39, 0.29) is 18.2 Å². The van der Waals surface area contributed by atoms with E-state index in [4.69, 9.17) is 10.5 Å². The lowest BCUT2D eigenvalue weighted by Gasteiger charge is -2.20. The smallest absolute Gasteiger partial charge is 0.407 e. The van der Waals surface area contributed by atoms with Gasteiger partial charge in [-0.1, -0.05) is 0 Å². The van der Waals surface area contributed by atoms with Gasteiger partial charge in [-0.05, 0) is 49.8 Å². The second-order valence-corrected chi connectivity index (χ2v) is 6.56. The number of alkyl carbamates (subject to hydrolysis) is 1. The summed E-state index contributed by atoms with van der Waals surface area (Å²) in [5.74, 6) is 0.0166. The van der Waals surface area contributed by atoms with Crippen molar-refractivity contribution in [2.45, 2.75) is 44.8 Å². The predicted molar refractivity (Wildman–Crippen MR) is 98.9 cm³/mol. The first-order valence-electron chi connectivity index (χ1n) is 9.15. The average Bonchev–Trinajstić information content (AvgIpc) is 3.20. The van der Waals surface area contributed by atoms with Crippen molar-refractivity contribution in [3.8, 4) is 0 Å². The summed E-state index contributed by atoms with van der Waals surface area (Å²) in [7, 11) is 0. The molecule has 1 aliphatic rings. The molecule has 0 aliphatic carbocycles. The van der Waals surface area contributed by atoms with Gasteiger partial charge in [0.2, 0.25) is 5.91 Å². The lowest BCUT2D eigenvalue weighted by molar-refractivity contribution is -0.384. The van der Waals surface area contributed by atoms with E-state index in [0.29, 0.717) is 24.9 Å². The van der Waals surface area contributed by atoms with Crippen LogP contribution in [0.1, 0.15) is 37.7 Å². The van der Waals surface area contributed by atoms with Crippen molar-refractivity contribution in [3.63, 3.8) is 0 Å². The van der Waals surface area contributed by atoms with Crippen molar-refractivity contribution in [1.29, 1.82) is 0 Å². The van der Waals surface area contributed by atoms with E-state index >= 15 is 0 Å². The number of unbranched alkanes of at least 4 members (excludes halogenated alkanes) is 1. The van der Waals surface area contributed by atoms with E-state index in [1.807, 2.05) is 4.90 Å². The van der Waals surface area contributed by atoms with Gasteiger partial charge in [-0.15, -0.1) is 0 Å². The first kappa shape index (κ1) is 20.6. The summed E-state index contributed by atoms with van der Waals surface area (Å²) in [4.78, 5) is 35.6. The molecular weight excluding hydrogens is 352 g/mol. The molecule has 3 N–H and O–H groups in total. The Morgan fingerprint density at radius 2 is 1.89 bits per heavy atom. The van der Waals surface area contributed by atoms with Gasteiger partial charge < -0.3 is 20.7 Å². The van der Waals surface area contributed by atoms with Crippen LogP contribution in [-0.2, 0) is 16.1 Å². The first-order chi connectivity index (χ1) is 13.0. The average molecular weight is 378 g/mol. The van der Waals surface area contributed by atoms with Crippen LogP contribution in [-0.4, -0.2) is 47.5 Å². The maximum Gasteiger partial charge on any atom is 0.407 e. The van der Waals surface area contributed by atoms with E-state index in [1.54, 1.807) is 12.1 Å². The number of nitro groups is 1. The summed E-state index contributed by atoms with van der Waals surface area (Å²) < 4.78 is 5.06. The number of benzene rings is 1. The van der Waals surface area contributed by atoms with Crippen LogP contribution < -0.4 is 11.1 Å². The maximum atomic E-state index is 12.1. The Bertz CT molecular complexity index is 644. The van der Waals surface area contributed by atoms with E-state index in [1.165, 1.54) is 12.1 Å². The number of nitrogens with two attached hydrogens (primary N) is 1. The molecule has 0 spiro atoms. The van der Waals surface area contributed by atoms with Crippen LogP contribution in [0.5, 0.6) is 0 Å². The molecule has 1 aliphatic heterocycles. The highest BCUT2D eigenvalue weighted by Gasteiger charge is 2.23. The van der Waals surface area contributed by atoms with Gasteiger partial charge in [0, 0.05) is 31.8 Å². The van der Waals surface area contributed by atoms with Crippen molar-refractivity contribution in [2.24, 2.45) is 5.73 Å². The quantitative estimate of drug-likeness (QED) is 0.384. The van der Waals surface area contributed by atoms with Gasteiger partial charge in [0.05, 0.1) is 11.0 Å². The van der Waals surface area contributed by atoms with Gasteiger partial charge in [-0.2, -0.15) is 0 Å². The van der Waals surface area contributed by atoms with Crippen molar-refractivity contribution in [2.75, 3.05) is 19.6 Å². The zero-order valence-electron chi connectivity index (χ0n) is 15.3. The highest BCUT2D eigenvalue weighted by molar-refractivity contribution is 5.81. The summed E-state index contributed by atoms with van der Waals surface area (Å²) in [5.41, 5.74) is 6.59. The molecule has 1 heterocycles. The number of hydrogen-bond donors (Lipinski definition) is 2. The molecule has 27 heavy (non-hydrogen) atoms. The fourth-order valence-electron chi connectivity index (χ4n) is 2.89. The fraction of sp³-hybridized carbons (Fsp3) is 0.556. The van der Waals surface area contributed by atoms with E-state index in [2.05, 4.69) is 5.32 Å². The number of amides is 2. The summed E-state index contributed by atoms with van der Waals surface area (Å²) in [5, 5.41) is 13.2. The van der Waals surface area contributed by atoms with Gasteiger partial charge >= 0.3 is 6.09 Å². The number of carbonyl (C=O) groups is 2. The molecule has 0 radical (unpaired) electrons. The number of likely N-dealkylation sites (tertiary alicyclic amines) is 1. The number of non-ortho nitro benzene ring substituents is 1. The normalized spacial score (nSPS) is 14.6. The molecule has 0 bridgehead atoms. The second-order valence-electron chi connectivity index (χ2n) is 6.56. The minimum Gasteiger partial charge on any atom is -0.445 e. The number of nitro benzene ring substituents is 1. The molecule has 1 atom stereocenters. The molecule has 0 aromatic heterocycles. The third-order valence-corrected chi connectivity index (χ3v) is 4.46. The minimum atomic E-state index is -0.550. The monoisotopic (exact) mass is 378 g/mol. The molecule has 148 valence electrons. The SMILES string of the molecule is N[C@H](CCCCNC(=O)OCc1ccc([N+](=O)[O-])cc1)C(=O)N1CCCC1. The maximum absolute atomic E-state index is 12.1. The predicted octanol–water partition coefficient (Wildman–Crippen LogP) is 1.94. The number of carbonyl (C=O) groups excluding carboxylic acids is 2. The lowest BCUT2D eigenvalue weighted by atomic mass is 10.1. The number of nitrogens with one attached hydrogen (secondary N) is 1. The highest BCUT2D eigenvalue weighted by Crippen LogP contribution is 2.13. The zero-order valence-corrected chi connectivity index (χ0v) is 15.3. The Morgan fingerprint density at radius 1 is 1.22 bits per heavy atom. The van der Waals surface area contributed by atoms with E-state index < -0.39 is 17.1 Å². The number of ether oxygens (including phenoxy) is 1. The van der Waals surface area contributed by atoms with Gasteiger partial charge in [0.15, 0.2) is 0 Å². The van der Waals surface area contributed by atoms with Crippen molar-refractivity contribution in [3.05, 3.63) is 39.9 Å². The van der Waals surface area contributed by atoms with Gasteiger partial charge in [-0.25, -0.2) is 4.79 Å². The van der Waals surface area contributed by atoms with Crippen molar-refractivity contribution in [1.82, 2.24) is 10.2 Å². The first-order valence-corrected chi connectivity index (χ1v) is 9.15. The Hall–Kier alpha value is -2.68. The second kappa shape index (κ2) is 10.5. The van der Waals surface area contributed by atoms with Crippen LogP contribution in [0.2, 0.25) is 0 Å². The van der Waals surface area contributed by atoms with Gasteiger partial charge in [0.1, 0.15) is 6.61 Å². The molecule has 1 aromatic carbocycles. The summed E-state index contributed by atoms with van der Waals surface area (Å²) in [6.45, 7) is 2.08. The summed E-state index contributed by atoms with van der Waals surface area (Å²) in [6, 6.07) is 5.35. The van der Waals surface area contributed by atoms with Crippen LogP contribution in [0.3, 0.4) is 0 Å². The van der Waals surface area contributed by atoms with Crippen LogP contribution in [0, 0.1) is 10.1 Å². The van der Waals surface area contributed by atoms with Crippen LogP contribution >= 0.6 is 0 Å². The Kier molecular flexibility index (Phi) is 8.00. The van der Waals surface area contributed by atoms with Gasteiger partial charge in [-0.3, -0.25) is 14.9 Å². The fourth-order valence-corrected chi connectivity index (χ4v) is 2.89. The Labute approximate surface area is 158 Å². The minimum absolute atomic E-state index is 0.00961. The standard InChI is InChI=1S/C18H26N4O5/c19-16(17(23)21-11-3-4-12-21)5-1-2-10-20-18(24)27-13-14-6-8-15(9-7-14)22(25)26/h6-9,16H,1-5,10-13,19H2,(H,20,24)/t16-/m1/s1. The zero-order chi connectivity index (χ0) is 19.6. The third kappa shape index (κ3) is 6.86. The number of hydrogen-bond acceptors (Lipinski definition) is 6. The van der Waals surface area contributed by atoms with Crippen LogP contribution in [0.15, 0.2) is 24.3 Å². The molecule has 1 fully saturated rings.